The Kier molecular flexibility index (Phi) is 12.0. The number of isocyanates is 1. The molecule has 0 bridgehead atoms. The average molecular weight is 307 g/mol. The van der Waals surface area contributed by atoms with Crippen molar-refractivity contribution in [2.45, 2.75) is 51.0 Å². The molecule has 0 heterocycles. The summed E-state index contributed by atoms with van der Waals surface area (Å²) in [5.74, 6) is -1.19. The third-order valence-electron chi connectivity index (χ3n) is 2.55. The molecule has 0 aliphatic carbocycles. The number of carboxylic acid groups (broad SMARTS) is 1. The first-order chi connectivity index (χ1) is 9.25. The Hall–Kier alpha value is -1.37. The van der Waals surface area contributed by atoms with Crippen LogP contribution in [-0.4, -0.2) is 54.1 Å². The van der Waals surface area contributed by atoms with Gasteiger partial charge in [-0.05, 0) is 6.04 Å². The molecule has 0 spiro atoms. The number of hydrogen-bond donors (Lipinski definition) is 3. The van der Waals surface area contributed by atoms with Gasteiger partial charge >= 0.3 is 12.0 Å². The van der Waals surface area contributed by atoms with E-state index in [2.05, 4.69) is 11.9 Å². The van der Waals surface area contributed by atoms with Crippen LogP contribution in [0.1, 0.15) is 19.8 Å². The second-order valence-electron chi connectivity index (χ2n) is 4.86. The fraction of sp³-hybridized carbons (Fsp3) is 0.818. The Labute approximate surface area is 118 Å². The van der Waals surface area contributed by atoms with Crippen LogP contribution in [0.15, 0.2) is 0 Å². The van der Waals surface area contributed by atoms with E-state index in [9.17, 15) is 14.3 Å². The number of carbonyl (C=O) groups excluding carboxylic acids is 1. The number of unbranched alkanes of at least 4 members (excludes halogenated alkanes) is 1. The zero-order valence-electron chi connectivity index (χ0n) is 12.0. The number of aliphatic hydroxyl groups is 1. The smallest absolute Gasteiger partial charge is 0.480 e. The molecule has 0 rings (SSSR count). The van der Waals surface area contributed by atoms with Crippen LogP contribution in [-0.2, 0) is 9.59 Å². The van der Waals surface area contributed by atoms with Crippen molar-refractivity contribution in [3.05, 3.63) is 5.53 Å². The van der Waals surface area contributed by atoms with Crippen molar-refractivity contribution in [1.82, 2.24) is 4.98 Å². The van der Waals surface area contributed by atoms with Gasteiger partial charge in [-0.25, -0.2) is 4.39 Å². The summed E-state index contributed by atoms with van der Waals surface area (Å²) in [4.78, 5) is 24.4. The first kappa shape index (κ1) is 20.9. The van der Waals surface area contributed by atoms with Crippen molar-refractivity contribution in [3.8, 4) is 0 Å². The zero-order valence-corrected chi connectivity index (χ0v) is 13.0. The zero-order chi connectivity index (χ0) is 16.2. The van der Waals surface area contributed by atoms with Crippen LogP contribution in [0.5, 0.6) is 0 Å². The molecule has 0 aliphatic rings. The van der Waals surface area contributed by atoms with Gasteiger partial charge in [0.25, 0.3) is 0 Å². The van der Waals surface area contributed by atoms with Gasteiger partial charge in [-0.2, -0.15) is 0 Å². The van der Waals surface area contributed by atoms with Crippen molar-refractivity contribution in [1.29, 1.82) is 0 Å². The lowest BCUT2D eigenvalue weighted by Gasteiger charge is -2.29. The van der Waals surface area contributed by atoms with Crippen LogP contribution in [0.4, 0.5) is 4.39 Å². The highest BCUT2D eigenvalue weighted by atomic mass is 28.3. The van der Waals surface area contributed by atoms with Crippen molar-refractivity contribution < 1.29 is 29.0 Å². The maximum Gasteiger partial charge on any atom is 0.557 e. The predicted octanol–water partition coefficient (Wildman–Crippen LogP) is 0.917. The van der Waals surface area contributed by atoms with Crippen LogP contribution >= 0.6 is 0 Å². The summed E-state index contributed by atoms with van der Waals surface area (Å²) in [6, 6.07) is -0.268. The van der Waals surface area contributed by atoms with Gasteiger partial charge in [0.15, 0.2) is 0 Å². The molecule has 0 aromatic heterocycles. The van der Waals surface area contributed by atoms with Gasteiger partial charge in [0, 0.05) is 0 Å². The monoisotopic (exact) mass is 307 g/mol. The number of aliphatic carboxylic acids is 1. The summed E-state index contributed by atoms with van der Waals surface area (Å²) in [7, 11) is -1.89. The van der Waals surface area contributed by atoms with Crippen LogP contribution in [0.2, 0.25) is 19.1 Å². The van der Waals surface area contributed by atoms with Crippen molar-refractivity contribution in [2.75, 3.05) is 6.67 Å². The number of halogens is 1. The van der Waals surface area contributed by atoms with Crippen molar-refractivity contribution >= 4 is 20.3 Å². The predicted molar refractivity (Wildman–Crippen MR) is 73.1 cm³/mol. The molecule has 116 valence electrons. The molecule has 9 heteroatoms. The highest BCUT2D eigenvalue weighted by Gasteiger charge is 2.32. The second kappa shape index (κ2) is 11.5. The third-order valence-corrected chi connectivity index (χ3v) is 5.25. The number of nitrogens with one attached hydrogen (secondary N) is 1. The Morgan fingerprint density at radius 2 is 2.05 bits per heavy atom. The van der Waals surface area contributed by atoms with Gasteiger partial charge in [-0.3, -0.25) is 4.79 Å². The Morgan fingerprint density at radius 3 is 2.35 bits per heavy atom. The average Bonchev–Trinajstić information content (AvgIpc) is 2.41. The quantitative estimate of drug-likeness (QED) is 0.202. The van der Waals surface area contributed by atoms with E-state index in [0.717, 1.165) is 25.0 Å². The molecule has 0 saturated carbocycles. The molecular weight excluding hydrogens is 285 g/mol. The highest BCUT2D eigenvalue weighted by Crippen LogP contribution is 2.12. The Bertz CT molecular complexity index is 348. The first-order valence-electron chi connectivity index (χ1n) is 6.21. The van der Waals surface area contributed by atoms with E-state index in [-0.39, 0.29) is 0 Å². The molecular formula is C11H22FN3O4Si. The number of aliphatic hydroxyl groups excluding tert-OH is 1. The summed E-state index contributed by atoms with van der Waals surface area (Å²) in [5, 5.41) is 18.2. The molecule has 0 unspecified atom stereocenters. The van der Waals surface area contributed by atoms with E-state index < -0.39 is 33.0 Å². The molecule has 7 nitrogen and oxygen atoms in total. The molecule has 0 aromatic carbocycles. The third kappa shape index (κ3) is 10.5. The van der Waals surface area contributed by atoms with Crippen LogP contribution in [0, 0.1) is 0 Å². The van der Waals surface area contributed by atoms with Crippen LogP contribution in [0.3, 0.4) is 0 Å². The molecule has 20 heavy (non-hydrogen) atoms. The molecule has 0 fully saturated rings. The van der Waals surface area contributed by atoms with Gasteiger partial charge in [0.2, 0.25) is 0 Å². The molecule has 0 amide bonds. The Balaban J connectivity index is 0. The fourth-order valence-corrected chi connectivity index (χ4v) is 4.06. The van der Waals surface area contributed by atoms with E-state index in [0.29, 0.717) is 0 Å². The summed E-state index contributed by atoms with van der Waals surface area (Å²) >= 11 is 0. The lowest BCUT2D eigenvalue weighted by molar-refractivity contribution is -0.142. The maximum absolute atomic E-state index is 12.3. The Morgan fingerprint density at radius 1 is 1.55 bits per heavy atom. The minimum atomic E-state index is -1.89. The normalized spacial score (nSPS) is 13.2. The van der Waals surface area contributed by atoms with E-state index in [1.165, 1.54) is 0 Å². The first-order valence-corrected chi connectivity index (χ1v) is 9.42. The number of carbonyl (C=O) groups is 1. The minimum absolute atomic E-state index is 0.861. The van der Waals surface area contributed by atoms with E-state index >= 15 is 0 Å². The standard InChI is InChI=1S/C10H22FNO3Si.CN2O/c1-4-5-6-16(2,3)12-9(10(14)15)8(13)7-11;2-3-1-4/h8-9,12-13H,4-7H2,1-3H3,(H,14,15);/t8-,9+;/m1./s1. The van der Waals surface area contributed by atoms with Gasteiger partial charge in [-0.15, -0.1) is 4.79 Å². The molecule has 2 atom stereocenters. The fourth-order valence-electron chi connectivity index (χ4n) is 1.52. The van der Waals surface area contributed by atoms with Gasteiger partial charge in [-0.1, -0.05) is 37.6 Å². The lowest BCUT2D eigenvalue weighted by Crippen LogP contribution is -2.58. The number of nitrogens with zero attached hydrogens (tertiary/aromatic N) is 2. The second-order valence-corrected chi connectivity index (χ2v) is 9.42. The highest BCUT2D eigenvalue weighted by molar-refractivity contribution is 6.75. The molecule has 0 saturated heterocycles. The topological polar surface area (TPSA) is 123 Å². The van der Waals surface area contributed by atoms with Crippen LogP contribution in [0.25, 0.3) is 5.53 Å². The summed E-state index contributed by atoms with van der Waals surface area (Å²) in [5.41, 5.74) is 7.08. The molecule has 0 aliphatic heterocycles. The van der Waals surface area contributed by atoms with Gasteiger partial charge in [0.1, 0.15) is 27.1 Å². The molecule has 0 radical (unpaired) electrons. The van der Waals surface area contributed by atoms with Gasteiger partial charge in [0.05, 0.1) is 0 Å². The van der Waals surface area contributed by atoms with Crippen molar-refractivity contribution in [3.63, 3.8) is 0 Å². The number of rotatable bonds is 8. The summed E-state index contributed by atoms with van der Waals surface area (Å²) < 4.78 is 12.3. The number of alkyl halides is 1. The largest absolute Gasteiger partial charge is 0.557 e. The molecule has 3 N–H and O–H groups in total. The van der Waals surface area contributed by atoms with Crippen molar-refractivity contribution in [2.24, 2.45) is 0 Å². The minimum Gasteiger partial charge on any atom is -0.480 e. The maximum atomic E-state index is 12.3. The van der Waals surface area contributed by atoms with Crippen LogP contribution < -0.4 is 4.98 Å². The number of carboxylic acids is 1. The van der Waals surface area contributed by atoms with E-state index in [4.69, 9.17) is 15.4 Å². The summed E-state index contributed by atoms with van der Waals surface area (Å²) in [6.07, 6.45) is 1.46. The number of hydrogen-bond acceptors (Lipinski definition) is 4. The molecule has 0 aromatic rings. The lowest BCUT2D eigenvalue weighted by atomic mass is 10.2. The summed E-state index contributed by atoms with van der Waals surface area (Å²) in [6.45, 7) is 5.00. The van der Waals surface area contributed by atoms with E-state index in [1.54, 1.807) is 0 Å². The van der Waals surface area contributed by atoms with Gasteiger partial charge < -0.3 is 20.7 Å². The van der Waals surface area contributed by atoms with E-state index in [1.807, 2.05) is 17.9 Å². The SMILES string of the molecule is CCCC[Si](C)(C)N[C@H](C(=O)O)[C@H](O)CF.[N-]=[N+]=C=O.